The highest BCUT2D eigenvalue weighted by Gasteiger charge is 2.34. The molecule has 1 atom stereocenters. The van der Waals surface area contributed by atoms with E-state index in [1.807, 2.05) is 41.3 Å². The van der Waals surface area contributed by atoms with Crippen molar-refractivity contribution >= 4 is 5.91 Å². The van der Waals surface area contributed by atoms with Crippen LogP contribution in [0.25, 0.3) is 11.4 Å². The van der Waals surface area contributed by atoms with Crippen molar-refractivity contribution in [2.75, 3.05) is 20.8 Å². The van der Waals surface area contributed by atoms with E-state index < -0.39 is 0 Å². The standard InChI is InChI=1S/C25H29N3O4/c1-25(2,3)18-11-8-16(9-12-18)24(29)28-14-6-7-19(28)23-26-22(27-32-23)17-10-13-20(30-4)21(15-17)31-5/h8-13,15,19H,6-7,14H2,1-5H3. The fourth-order valence-electron chi connectivity index (χ4n) is 4.01. The zero-order valence-electron chi connectivity index (χ0n) is 19.2. The van der Waals surface area contributed by atoms with Gasteiger partial charge in [-0.05, 0) is 54.2 Å². The summed E-state index contributed by atoms with van der Waals surface area (Å²) in [5.41, 5.74) is 2.67. The molecule has 2 heterocycles. The second-order valence-electron chi connectivity index (χ2n) is 9.01. The van der Waals surface area contributed by atoms with E-state index in [4.69, 9.17) is 14.0 Å². The number of methoxy groups -OCH3 is 2. The molecule has 0 radical (unpaired) electrons. The quantitative estimate of drug-likeness (QED) is 0.559. The average molecular weight is 436 g/mol. The van der Waals surface area contributed by atoms with Crippen LogP contribution in [0.2, 0.25) is 0 Å². The Morgan fingerprint density at radius 1 is 1.06 bits per heavy atom. The van der Waals surface area contributed by atoms with Crippen molar-refractivity contribution < 1.29 is 18.8 Å². The highest BCUT2D eigenvalue weighted by molar-refractivity contribution is 5.94. The van der Waals surface area contributed by atoms with Gasteiger partial charge < -0.3 is 18.9 Å². The third-order valence-corrected chi connectivity index (χ3v) is 5.88. The van der Waals surface area contributed by atoms with Crippen LogP contribution < -0.4 is 9.47 Å². The van der Waals surface area contributed by atoms with Gasteiger partial charge in [0.15, 0.2) is 11.5 Å². The normalized spacial score (nSPS) is 16.3. The number of carbonyl (C=O) groups is 1. The van der Waals surface area contributed by atoms with Gasteiger partial charge in [-0.2, -0.15) is 4.98 Å². The molecule has 1 saturated heterocycles. The van der Waals surface area contributed by atoms with Crippen LogP contribution in [-0.4, -0.2) is 41.7 Å². The Morgan fingerprint density at radius 2 is 1.78 bits per heavy atom. The van der Waals surface area contributed by atoms with Crippen LogP contribution >= 0.6 is 0 Å². The van der Waals surface area contributed by atoms with Crippen LogP contribution in [0, 0.1) is 0 Å². The lowest BCUT2D eigenvalue weighted by Gasteiger charge is -2.23. The van der Waals surface area contributed by atoms with E-state index >= 15 is 0 Å². The molecule has 0 N–H and O–H groups in total. The van der Waals surface area contributed by atoms with Crippen molar-refractivity contribution in [3.63, 3.8) is 0 Å². The molecule has 7 heteroatoms. The third kappa shape index (κ3) is 4.20. The minimum Gasteiger partial charge on any atom is -0.493 e. The van der Waals surface area contributed by atoms with E-state index in [-0.39, 0.29) is 17.4 Å². The van der Waals surface area contributed by atoms with Gasteiger partial charge >= 0.3 is 0 Å². The molecule has 1 aliphatic heterocycles. The van der Waals surface area contributed by atoms with Crippen LogP contribution in [0.4, 0.5) is 0 Å². The van der Waals surface area contributed by atoms with E-state index in [0.29, 0.717) is 35.3 Å². The van der Waals surface area contributed by atoms with Gasteiger partial charge in [0.05, 0.1) is 14.2 Å². The van der Waals surface area contributed by atoms with Gasteiger partial charge in [0.2, 0.25) is 11.7 Å². The molecule has 3 aromatic rings. The molecular formula is C25H29N3O4. The van der Waals surface area contributed by atoms with Crippen molar-refractivity contribution in [3.05, 3.63) is 59.5 Å². The van der Waals surface area contributed by atoms with E-state index in [0.717, 1.165) is 18.4 Å². The maximum atomic E-state index is 13.2. The average Bonchev–Trinajstić information content (AvgIpc) is 3.47. The van der Waals surface area contributed by atoms with Crippen LogP contribution in [0.15, 0.2) is 47.0 Å². The first-order chi connectivity index (χ1) is 15.3. The van der Waals surface area contributed by atoms with Gasteiger partial charge in [-0.25, -0.2) is 0 Å². The monoisotopic (exact) mass is 435 g/mol. The Bertz CT molecular complexity index is 1100. The lowest BCUT2D eigenvalue weighted by Crippen LogP contribution is -2.30. The number of ether oxygens (including phenoxy) is 2. The summed E-state index contributed by atoms with van der Waals surface area (Å²) in [6.07, 6.45) is 1.68. The molecule has 0 spiro atoms. The van der Waals surface area contributed by atoms with Crippen molar-refractivity contribution in [2.24, 2.45) is 0 Å². The molecule has 0 bridgehead atoms. The molecule has 1 aliphatic rings. The van der Waals surface area contributed by atoms with Gasteiger partial charge in [0, 0.05) is 17.7 Å². The van der Waals surface area contributed by atoms with E-state index in [1.165, 1.54) is 5.56 Å². The van der Waals surface area contributed by atoms with Gasteiger partial charge in [0.1, 0.15) is 6.04 Å². The highest BCUT2D eigenvalue weighted by Crippen LogP contribution is 2.35. The summed E-state index contributed by atoms with van der Waals surface area (Å²) in [7, 11) is 3.17. The van der Waals surface area contributed by atoms with Crippen molar-refractivity contribution in [3.8, 4) is 22.9 Å². The SMILES string of the molecule is COc1ccc(-c2noc(C3CCCN3C(=O)c3ccc(C(C)(C)C)cc3)n2)cc1OC. The highest BCUT2D eigenvalue weighted by atomic mass is 16.5. The number of amides is 1. The van der Waals surface area contributed by atoms with Crippen LogP contribution in [0.1, 0.15) is 61.5 Å². The number of benzene rings is 2. The lowest BCUT2D eigenvalue weighted by atomic mass is 9.86. The topological polar surface area (TPSA) is 77.7 Å². The molecular weight excluding hydrogens is 406 g/mol. The first kappa shape index (κ1) is 21.9. The second-order valence-corrected chi connectivity index (χ2v) is 9.01. The number of aromatic nitrogens is 2. The Labute approximate surface area is 188 Å². The van der Waals surface area contributed by atoms with Crippen molar-refractivity contribution in [1.29, 1.82) is 0 Å². The number of carbonyl (C=O) groups excluding carboxylic acids is 1. The molecule has 4 rings (SSSR count). The maximum absolute atomic E-state index is 13.2. The van der Waals surface area contributed by atoms with Crippen LogP contribution in [0.3, 0.4) is 0 Å². The third-order valence-electron chi connectivity index (χ3n) is 5.88. The predicted octanol–water partition coefficient (Wildman–Crippen LogP) is 5.03. The summed E-state index contributed by atoms with van der Waals surface area (Å²) < 4.78 is 16.2. The summed E-state index contributed by atoms with van der Waals surface area (Å²) in [5.74, 6) is 2.11. The molecule has 168 valence electrons. The number of nitrogens with zero attached hydrogens (tertiary/aromatic N) is 3. The smallest absolute Gasteiger partial charge is 0.254 e. The summed E-state index contributed by atoms with van der Waals surface area (Å²) in [6.45, 7) is 7.14. The molecule has 1 aromatic heterocycles. The fraction of sp³-hybridized carbons (Fsp3) is 0.400. The first-order valence-electron chi connectivity index (χ1n) is 10.8. The second kappa shape index (κ2) is 8.65. The number of rotatable bonds is 5. The summed E-state index contributed by atoms with van der Waals surface area (Å²) >= 11 is 0. The predicted molar refractivity (Wildman–Crippen MR) is 121 cm³/mol. The van der Waals surface area contributed by atoms with Crippen molar-refractivity contribution in [2.45, 2.75) is 45.1 Å². The van der Waals surface area contributed by atoms with Gasteiger partial charge in [-0.15, -0.1) is 0 Å². The number of hydrogen-bond donors (Lipinski definition) is 0. The number of likely N-dealkylation sites (tertiary alicyclic amines) is 1. The van der Waals surface area contributed by atoms with Gasteiger partial charge in [0.25, 0.3) is 5.91 Å². The van der Waals surface area contributed by atoms with Gasteiger partial charge in [-0.3, -0.25) is 4.79 Å². The molecule has 2 aromatic carbocycles. The largest absolute Gasteiger partial charge is 0.493 e. The van der Waals surface area contributed by atoms with Crippen LogP contribution in [0.5, 0.6) is 11.5 Å². The van der Waals surface area contributed by atoms with Crippen molar-refractivity contribution in [1.82, 2.24) is 15.0 Å². The summed E-state index contributed by atoms with van der Waals surface area (Å²) in [6, 6.07) is 13.1. The van der Waals surface area contributed by atoms with E-state index in [1.54, 1.807) is 20.3 Å². The molecule has 1 fully saturated rings. The summed E-state index contributed by atoms with van der Waals surface area (Å²) in [5, 5.41) is 4.15. The van der Waals surface area contributed by atoms with E-state index in [9.17, 15) is 4.79 Å². The molecule has 1 amide bonds. The Hall–Kier alpha value is -3.35. The van der Waals surface area contributed by atoms with E-state index in [2.05, 4.69) is 30.9 Å². The Morgan fingerprint density at radius 3 is 2.44 bits per heavy atom. The minimum atomic E-state index is -0.230. The minimum absolute atomic E-state index is 0.0150. The molecule has 1 unspecified atom stereocenters. The molecule has 32 heavy (non-hydrogen) atoms. The van der Waals surface area contributed by atoms with Crippen LogP contribution in [-0.2, 0) is 5.41 Å². The maximum Gasteiger partial charge on any atom is 0.254 e. The fourth-order valence-corrected chi connectivity index (χ4v) is 4.01. The zero-order chi connectivity index (χ0) is 22.9. The molecule has 0 saturated carbocycles. The van der Waals surface area contributed by atoms with Gasteiger partial charge in [-0.1, -0.05) is 38.1 Å². The molecule has 0 aliphatic carbocycles. The Kier molecular flexibility index (Phi) is 5.91. The zero-order valence-corrected chi connectivity index (χ0v) is 19.2. The Balaban J connectivity index is 1.55. The lowest BCUT2D eigenvalue weighted by molar-refractivity contribution is 0.0710. The first-order valence-corrected chi connectivity index (χ1v) is 10.8. The molecule has 7 nitrogen and oxygen atoms in total. The summed E-state index contributed by atoms with van der Waals surface area (Å²) in [4.78, 5) is 19.7. The number of hydrogen-bond acceptors (Lipinski definition) is 6.